The van der Waals surface area contributed by atoms with Crippen LogP contribution in [0, 0.1) is 0 Å². The molecule has 1 saturated heterocycles. The third-order valence-corrected chi connectivity index (χ3v) is 10.1. The number of carboxylic acids is 1. The molecular weight excluding hydrogens is 349 g/mol. The summed E-state index contributed by atoms with van der Waals surface area (Å²) in [5.41, 5.74) is 0. The van der Waals surface area contributed by atoms with Gasteiger partial charge in [0.1, 0.15) is 0 Å². The molecule has 6 heteroatoms. The van der Waals surface area contributed by atoms with E-state index in [4.69, 9.17) is 4.43 Å². The average molecular weight is 375 g/mol. The molecule has 0 radical (unpaired) electrons. The van der Waals surface area contributed by atoms with Crippen molar-refractivity contribution < 1.29 is 33.2 Å². The van der Waals surface area contributed by atoms with Crippen LogP contribution in [0.2, 0.25) is 5.04 Å². The summed E-state index contributed by atoms with van der Waals surface area (Å²) in [6, 6.07) is 20.5. The topological polar surface area (TPSA) is 52.4 Å². The molecule has 0 aliphatic carbocycles. The van der Waals surface area contributed by atoms with E-state index >= 15 is 0 Å². The summed E-state index contributed by atoms with van der Waals surface area (Å²) in [5.74, 6) is -0.990. The third kappa shape index (κ3) is 4.56. The molecule has 2 aromatic carbocycles. The zero-order valence-electron chi connectivity index (χ0n) is 16.6. The Bertz CT molecular complexity index is 710. The molecule has 0 bridgehead atoms. The second-order valence-corrected chi connectivity index (χ2v) is 12.1. The number of benzene rings is 2. The number of hydrogen-bond donors (Lipinski definition) is 0. The number of carboxylic acid groups (broad SMARTS) is 1. The van der Waals surface area contributed by atoms with Gasteiger partial charge in [-0.05, 0) is 15.4 Å². The summed E-state index contributed by atoms with van der Waals surface area (Å²) in [4.78, 5) is 12.8. The number of aliphatic carboxylic acids is 1. The van der Waals surface area contributed by atoms with Crippen molar-refractivity contribution in [3.63, 3.8) is 0 Å². The number of carbonyl (C=O) groups is 1. The molecule has 0 aromatic heterocycles. The van der Waals surface area contributed by atoms with Crippen LogP contribution >= 0.6 is 0 Å². The standard InChI is InChI=1S/C21H27NO3Si.Li/c1-21(2,3)26(17-10-6-4-7-11-17,18-12-8-5-9-13-18)25-15-14-22-16-19(22)20(23)24;/h4-13,19H,14-16H2,1-3H3,(H,23,24);/q;+1/p-1/t19?,22-;/m0./s1. The maximum atomic E-state index is 10.9. The molecule has 0 saturated carbocycles. The van der Waals surface area contributed by atoms with E-state index in [0.29, 0.717) is 19.7 Å². The van der Waals surface area contributed by atoms with Crippen LogP contribution in [0.5, 0.6) is 0 Å². The molecule has 0 amide bonds. The van der Waals surface area contributed by atoms with Crippen LogP contribution in [0.4, 0.5) is 0 Å². The Morgan fingerprint density at radius 2 is 1.56 bits per heavy atom. The van der Waals surface area contributed by atoms with E-state index in [-0.39, 0.29) is 23.9 Å². The van der Waals surface area contributed by atoms with Crippen molar-refractivity contribution in [1.29, 1.82) is 0 Å². The van der Waals surface area contributed by atoms with Gasteiger partial charge in [0.05, 0.1) is 12.0 Å². The smallest absolute Gasteiger partial charge is 0.548 e. The first-order valence-electron chi connectivity index (χ1n) is 9.06. The third-order valence-electron chi connectivity index (χ3n) is 5.10. The minimum atomic E-state index is -2.53. The van der Waals surface area contributed by atoms with Gasteiger partial charge in [0.25, 0.3) is 8.32 Å². The molecule has 27 heavy (non-hydrogen) atoms. The number of carbonyl (C=O) groups excluding carboxylic acids is 1. The van der Waals surface area contributed by atoms with Gasteiger partial charge in [-0.1, -0.05) is 81.4 Å². The molecule has 4 nitrogen and oxygen atoms in total. The van der Waals surface area contributed by atoms with Crippen molar-refractivity contribution in [2.24, 2.45) is 0 Å². The minimum absolute atomic E-state index is 0. The monoisotopic (exact) mass is 375 g/mol. The van der Waals surface area contributed by atoms with Gasteiger partial charge in [-0.2, -0.15) is 0 Å². The minimum Gasteiger partial charge on any atom is -0.548 e. The molecule has 0 N–H and O–H groups in total. The van der Waals surface area contributed by atoms with Gasteiger partial charge in [0.15, 0.2) is 0 Å². The summed E-state index contributed by atoms with van der Waals surface area (Å²) in [6.45, 7) is 8.40. The second-order valence-electron chi connectivity index (χ2n) is 7.84. The quantitative estimate of drug-likeness (QED) is 0.415. The Balaban J connectivity index is 0.00000261. The Labute approximate surface area is 174 Å². The molecule has 3 rings (SSSR count). The van der Waals surface area contributed by atoms with Gasteiger partial charge in [0.2, 0.25) is 0 Å². The fraction of sp³-hybridized carbons (Fsp3) is 0.381. The molecule has 2 atom stereocenters. The summed E-state index contributed by atoms with van der Waals surface area (Å²) in [7, 11) is -2.53. The van der Waals surface area contributed by atoms with Crippen molar-refractivity contribution >= 4 is 24.7 Å². The summed E-state index contributed by atoms with van der Waals surface area (Å²) in [5, 5.41) is 13.4. The first-order valence-corrected chi connectivity index (χ1v) is 11.0. The Morgan fingerprint density at radius 1 is 1.07 bits per heavy atom. The van der Waals surface area contributed by atoms with Crippen molar-refractivity contribution in [1.82, 2.24) is 4.90 Å². The normalized spacial score (nSPS) is 19.2. The predicted molar refractivity (Wildman–Crippen MR) is 104 cm³/mol. The number of hydrogen-bond acceptors (Lipinski definition) is 4. The van der Waals surface area contributed by atoms with E-state index in [1.165, 1.54) is 10.4 Å². The van der Waals surface area contributed by atoms with E-state index in [1.807, 2.05) is 17.0 Å². The largest absolute Gasteiger partial charge is 1.00 e. The fourth-order valence-corrected chi connectivity index (χ4v) is 8.28. The zero-order valence-corrected chi connectivity index (χ0v) is 17.6. The van der Waals surface area contributed by atoms with Crippen LogP contribution in [0.25, 0.3) is 0 Å². The van der Waals surface area contributed by atoms with Crippen molar-refractivity contribution in [2.75, 3.05) is 19.7 Å². The molecule has 1 unspecified atom stereocenters. The molecule has 1 aliphatic rings. The number of nitrogens with zero attached hydrogens (tertiary/aromatic N) is 1. The molecule has 138 valence electrons. The first-order chi connectivity index (χ1) is 12.4. The molecule has 1 aliphatic heterocycles. The summed E-state index contributed by atoms with van der Waals surface area (Å²) >= 11 is 0. The van der Waals surface area contributed by atoms with Crippen molar-refractivity contribution in [2.45, 2.75) is 31.9 Å². The Morgan fingerprint density at radius 3 is 1.93 bits per heavy atom. The van der Waals surface area contributed by atoms with Crippen LogP contribution in [0.15, 0.2) is 60.7 Å². The van der Waals surface area contributed by atoms with Gasteiger partial charge in [-0.25, -0.2) is 0 Å². The van der Waals surface area contributed by atoms with Crippen LogP contribution in [-0.4, -0.2) is 44.9 Å². The maximum absolute atomic E-state index is 10.9. The summed E-state index contributed by atoms with van der Waals surface area (Å²) < 4.78 is 6.73. The van der Waals surface area contributed by atoms with E-state index in [2.05, 4.69) is 69.3 Å². The fourth-order valence-electron chi connectivity index (χ4n) is 3.72. The first kappa shape index (κ1) is 21.9. The Hall–Kier alpha value is -1.36. The molecule has 2 aromatic rings. The van der Waals surface area contributed by atoms with E-state index in [9.17, 15) is 9.90 Å². The van der Waals surface area contributed by atoms with Gasteiger partial charge in [-0.3, -0.25) is 4.90 Å². The van der Waals surface area contributed by atoms with Gasteiger partial charge in [0, 0.05) is 19.7 Å². The average Bonchev–Trinajstić information content (AvgIpc) is 3.39. The van der Waals surface area contributed by atoms with Gasteiger partial charge >= 0.3 is 18.9 Å². The van der Waals surface area contributed by atoms with Gasteiger partial charge in [-0.15, -0.1) is 0 Å². The molecular formula is C21H26LiNO3Si. The zero-order chi connectivity index (χ0) is 18.8. The predicted octanol–water partition coefficient (Wildman–Crippen LogP) is -2.00. The maximum Gasteiger partial charge on any atom is 1.00 e. The molecule has 0 spiro atoms. The number of rotatable bonds is 7. The van der Waals surface area contributed by atoms with Crippen LogP contribution in [0.3, 0.4) is 0 Å². The second kappa shape index (κ2) is 8.77. The van der Waals surface area contributed by atoms with Gasteiger partial charge < -0.3 is 14.3 Å². The summed E-state index contributed by atoms with van der Waals surface area (Å²) in [6.07, 6.45) is 0. The van der Waals surface area contributed by atoms with E-state index < -0.39 is 20.3 Å². The van der Waals surface area contributed by atoms with Crippen molar-refractivity contribution in [3.05, 3.63) is 60.7 Å². The van der Waals surface area contributed by atoms with Crippen molar-refractivity contribution in [3.8, 4) is 0 Å². The molecule has 1 fully saturated rings. The SMILES string of the molecule is CC(C)(C)[Si](OCC[N@@]1CC1C(=O)[O-])(c1ccccc1)c1ccccc1.[Li+]. The van der Waals surface area contributed by atoms with E-state index in [1.54, 1.807) is 0 Å². The van der Waals surface area contributed by atoms with E-state index in [0.717, 1.165) is 0 Å². The van der Waals surface area contributed by atoms with Crippen LogP contribution in [0.1, 0.15) is 20.8 Å². The van der Waals surface area contributed by atoms with Crippen LogP contribution < -0.4 is 34.3 Å². The van der Waals surface area contributed by atoms with Crippen LogP contribution in [-0.2, 0) is 9.22 Å². The Kier molecular flexibility index (Phi) is 7.12. The molecule has 1 heterocycles.